The molecule has 0 aliphatic carbocycles. The van der Waals surface area contributed by atoms with Crippen molar-refractivity contribution >= 4 is 49.7 Å². The van der Waals surface area contributed by atoms with Gasteiger partial charge in [0.2, 0.25) is 0 Å². The third-order valence-electron chi connectivity index (χ3n) is 2.18. The number of alkyl halides is 1. The van der Waals surface area contributed by atoms with Crippen LogP contribution in [0.5, 0.6) is 0 Å². The second-order valence-corrected chi connectivity index (χ2v) is 7.19. The maximum absolute atomic E-state index is 12.0. The number of hydrogen-bond acceptors (Lipinski definition) is 4. The third-order valence-corrected chi connectivity index (χ3v) is 6.28. The van der Waals surface area contributed by atoms with E-state index >= 15 is 0 Å². The average Bonchev–Trinajstić information content (AvgIpc) is 2.27. The predicted molar refractivity (Wildman–Crippen MR) is 73.2 cm³/mol. The molecule has 94 valence electrons. The SMILES string of the molecule is CC(CCl)S(=O)(=O)c1ccc([N+](=O)[O-])cc1I. The maximum Gasteiger partial charge on any atom is 0.270 e. The van der Waals surface area contributed by atoms with E-state index in [0.29, 0.717) is 3.57 Å². The minimum absolute atomic E-state index is 0.0185. The fourth-order valence-electron chi connectivity index (χ4n) is 1.13. The molecule has 5 nitrogen and oxygen atoms in total. The van der Waals surface area contributed by atoms with Gasteiger partial charge in [0.05, 0.1) is 15.1 Å². The third kappa shape index (κ3) is 3.08. The highest BCUT2D eigenvalue weighted by Crippen LogP contribution is 2.26. The molecule has 8 heteroatoms. The van der Waals surface area contributed by atoms with Crippen molar-refractivity contribution in [2.24, 2.45) is 0 Å². The topological polar surface area (TPSA) is 77.3 Å². The quantitative estimate of drug-likeness (QED) is 0.343. The molecule has 1 atom stereocenters. The average molecular weight is 390 g/mol. The lowest BCUT2D eigenvalue weighted by Crippen LogP contribution is -2.20. The first-order valence-corrected chi connectivity index (χ1v) is 7.70. The number of nitro benzene ring substituents is 1. The van der Waals surface area contributed by atoms with E-state index in [1.807, 2.05) is 0 Å². The van der Waals surface area contributed by atoms with Crippen LogP contribution in [0.4, 0.5) is 5.69 Å². The first-order valence-electron chi connectivity index (χ1n) is 4.54. The molecule has 1 aromatic rings. The number of halogens is 2. The van der Waals surface area contributed by atoms with E-state index in [1.54, 1.807) is 22.6 Å². The van der Waals surface area contributed by atoms with E-state index in [0.717, 1.165) is 0 Å². The zero-order chi connectivity index (χ0) is 13.2. The molecule has 0 aliphatic rings. The molecule has 1 unspecified atom stereocenters. The Balaban J connectivity index is 3.31. The van der Waals surface area contributed by atoms with Crippen LogP contribution in [0.25, 0.3) is 0 Å². The normalized spacial score (nSPS) is 13.4. The summed E-state index contributed by atoms with van der Waals surface area (Å²) in [5.41, 5.74) is -0.133. The van der Waals surface area contributed by atoms with Crippen LogP contribution in [0.2, 0.25) is 0 Å². The van der Waals surface area contributed by atoms with E-state index in [2.05, 4.69) is 0 Å². The summed E-state index contributed by atoms with van der Waals surface area (Å²) in [7, 11) is -3.52. The lowest BCUT2D eigenvalue weighted by molar-refractivity contribution is -0.385. The van der Waals surface area contributed by atoms with Crippen molar-refractivity contribution in [3.8, 4) is 0 Å². The fraction of sp³-hybridized carbons (Fsp3) is 0.333. The van der Waals surface area contributed by atoms with Crippen molar-refractivity contribution in [2.45, 2.75) is 17.1 Å². The minimum atomic E-state index is -3.52. The van der Waals surface area contributed by atoms with Gasteiger partial charge in [0.15, 0.2) is 9.84 Å². The van der Waals surface area contributed by atoms with Crippen molar-refractivity contribution in [2.75, 3.05) is 5.88 Å². The number of nitrogens with zero attached hydrogens (tertiary/aromatic N) is 1. The Morgan fingerprint density at radius 2 is 2.12 bits per heavy atom. The molecule has 0 aromatic heterocycles. The molecule has 0 heterocycles. The van der Waals surface area contributed by atoms with E-state index < -0.39 is 20.0 Å². The standard InChI is InChI=1S/C9H9ClINO4S/c1-6(5-10)17(15,16)9-3-2-7(12(13)14)4-8(9)11/h2-4,6H,5H2,1H3. The lowest BCUT2D eigenvalue weighted by atomic mass is 10.3. The monoisotopic (exact) mass is 389 g/mol. The second kappa shape index (κ2) is 5.49. The fourth-order valence-corrected chi connectivity index (χ4v) is 4.24. The van der Waals surface area contributed by atoms with Crippen molar-refractivity contribution in [1.82, 2.24) is 0 Å². The van der Waals surface area contributed by atoms with Crippen molar-refractivity contribution in [1.29, 1.82) is 0 Å². The van der Waals surface area contributed by atoms with Crippen LogP contribution in [0, 0.1) is 13.7 Å². The van der Waals surface area contributed by atoms with E-state index in [1.165, 1.54) is 25.1 Å². The summed E-state index contributed by atoms with van der Waals surface area (Å²) in [5, 5.41) is 9.81. The number of non-ortho nitro benzene ring substituents is 1. The molecular formula is C9H9ClINO4S. The smallest absolute Gasteiger partial charge is 0.258 e. The molecule has 1 rings (SSSR count). The van der Waals surface area contributed by atoms with E-state index in [-0.39, 0.29) is 16.5 Å². The molecule has 0 fully saturated rings. The van der Waals surface area contributed by atoms with Gasteiger partial charge in [-0.25, -0.2) is 8.42 Å². The Bertz CT molecular complexity index is 546. The molecular weight excluding hydrogens is 381 g/mol. The van der Waals surface area contributed by atoms with Crippen LogP contribution in [0.3, 0.4) is 0 Å². The van der Waals surface area contributed by atoms with Gasteiger partial charge in [0.25, 0.3) is 5.69 Å². The number of nitro groups is 1. The summed E-state index contributed by atoms with van der Waals surface area (Å²) in [6.45, 7) is 1.50. The van der Waals surface area contributed by atoms with Gasteiger partial charge in [-0.05, 0) is 35.6 Å². The Morgan fingerprint density at radius 3 is 2.53 bits per heavy atom. The van der Waals surface area contributed by atoms with Crippen LogP contribution < -0.4 is 0 Å². The van der Waals surface area contributed by atoms with Gasteiger partial charge < -0.3 is 0 Å². The molecule has 0 N–H and O–H groups in total. The Kier molecular flexibility index (Phi) is 4.73. The minimum Gasteiger partial charge on any atom is -0.258 e. The molecule has 0 saturated carbocycles. The molecule has 0 aliphatic heterocycles. The van der Waals surface area contributed by atoms with Crippen LogP contribution >= 0.6 is 34.2 Å². The lowest BCUT2D eigenvalue weighted by Gasteiger charge is -2.11. The first kappa shape index (κ1) is 14.7. The highest BCUT2D eigenvalue weighted by atomic mass is 127. The van der Waals surface area contributed by atoms with Crippen LogP contribution in [-0.2, 0) is 9.84 Å². The number of rotatable bonds is 4. The molecule has 0 radical (unpaired) electrons. The maximum atomic E-state index is 12.0. The summed E-state index contributed by atoms with van der Waals surface area (Å²) >= 11 is 7.30. The van der Waals surface area contributed by atoms with Gasteiger partial charge >= 0.3 is 0 Å². The van der Waals surface area contributed by atoms with Crippen molar-refractivity contribution in [3.05, 3.63) is 31.9 Å². The second-order valence-electron chi connectivity index (χ2n) is 3.38. The van der Waals surface area contributed by atoms with Gasteiger partial charge in [-0.1, -0.05) is 0 Å². The number of benzene rings is 1. The summed E-state index contributed by atoms with van der Waals surface area (Å²) in [5.74, 6) is -0.0185. The van der Waals surface area contributed by atoms with Crippen LogP contribution in [0.15, 0.2) is 23.1 Å². The van der Waals surface area contributed by atoms with Gasteiger partial charge in [-0.3, -0.25) is 10.1 Å². The summed E-state index contributed by atoms with van der Waals surface area (Å²) in [6.07, 6.45) is 0. The largest absolute Gasteiger partial charge is 0.270 e. The Labute approximate surface area is 117 Å². The van der Waals surface area contributed by atoms with Crippen LogP contribution in [-0.4, -0.2) is 24.5 Å². The van der Waals surface area contributed by atoms with Gasteiger partial charge in [0, 0.05) is 21.6 Å². The number of hydrogen-bond donors (Lipinski definition) is 0. The highest BCUT2D eigenvalue weighted by molar-refractivity contribution is 14.1. The van der Waals surface area contributed by atoms with Gasteiger partial charge in [-0.2, -0.15) is 0 Å². The molecule has 0 amide bonds. The zero-order valence-electron chi connectivity index (χ0n) is 8.76. The predicted octanol–water partition coefficient (Wildman–Crippen LogP) is 2.60. The summed E-state index contributed by atoms with van der Waals surface area (Å²) in [4.78, 5) is 10.1. The number of sulfone groups is 1. The van der Waals surface area contributed by atoms with Gasteiger partial charge in [-0.15, -0.1) is 11.6 Å². The van der Waals surface area contributed by atoms with Crippen LogP contribution in [0.1, 0.15) is 6.92 Å². The van der Waals surface area contributed by atoms with Crippen molar-refractivity contribution < 1.29 is 13.3 Å². The summed E-state index contributed by atoms with van der Waals surface area (Å²) in [6, 6.07) is 3.66. The van der Waals surface area contributed by atoms with E-state index in [9.17, 15) is 18.5 Å². The van der Waals surface area contributed by atoms with Gasteiger partial charge in [0.1, 0.15) is 0 Å². The molecule has 1 aromatic carbocycles. The Morgan fingerprint density at radius 1 is 1.53 bits per heavy atom. The Hall–Kier alpha value is -0.410. The van der Waals surface area contributed by atoms with Crippen molar-refractivity contribution in [3.63, 3.8) is 0 Å². The molecule has 0 spiro atoms. The molecule has 0 saturated heterocycles. The summed E-state index contributed by atoms with van der Waals surface area (Å²) < 4.78 is 24.3. The van der Waals surface area contributed by atoms with E-state index in [4.69, 9.17) is 11.6 Å². The first-order chi connectivity index (χ1) is 7.80. The highest BCUT2D eigenvalue weighted by Gasteiger charge is 2.25. The molecule has 17 heavy (non-hydrogen) atoms. The molecule has 0 bridgehead atoms. The zero-order valence-corrected chi connectivity index (χ0v) is 12.5.